The maximum Gasteiger partial charge on any atom is 0.408 e. The zero-order valence-corrected chi connectivity index (χ0v) is 18.3. The molecule has 178 valence electrons. The van der Waals surface area contributed by atoms with Crippen molar-refractivity contribution in [3.63, 3.8) is 0 Å². The summed E-state index contributed by atoms with van der Waals surface area (Å²) in [6, 6.07) is 17.4. The number of carboxylic acids is 1. The first-order chi connectivity index (χ1) is 16.8. The maximum absolute atomic E-state index is 14.4. The summed E-state index contributed by atoms with van der Waals surface area (Å²) in [7, 11) is 0. The van der Waals surface area contributed by atoms with Gasteiger partial charge >= 0.3 is 12.1 Å². The number of benzene rings is 3. The topological polar surface area (TPSA) is 105 Å². The van der Waals surface area contributed by atoms with Crippen LogP contribution in [0, 0.1) is 11.6 Å². The molecule has 9 heteroatoms. The van der Waals surface area contributed by atoms with Crippen LogP contribution in [0.5, 0.6) is 0 Å². The number of aromatic carboxylic acids is 1. The molecule has 0 bridgehead atoms. The van der Waals surface area contributed by atoms with Crippen molar-refractivity contribution in [2.75, 3.05) is 11.9 Å². The summed E-state index contributed by atoms with van der Waals surface area (Å²) in [5, 5.41) is 13.8. The number of alkyl carbamates (subject to hydrolysis) is 1. The van der Waals surface area contributed by atoms with Crippen LogP contribution in [-0.2, 0) is 9.53 Å². The summed E-state index contributed by atoms with van der Waals surface area (Å²) in [4.78, 5) is 36.4. The van der Waals surface area contributed by atoms with Crippen LogP contribution in [0.15, 0.2) is 60.7 Å². The van der Waals surface area contributed by atoms with Gasteiger partial charge in [0.1, 0.15) is 23.5 Å². The first-order valence-corrected chi connectivity index (χ1v) is 11.0. The highest BCUT2D eigenvalue weighted by Gasteiger charge is 2.52. The zero-order valence-electron chi connectivity index (χ0n) is 18.3. The Morgan fingerprint density at radius 1 is 0.943 bits per heavy atom. The van der Waals surface area contributed by atoms with Gasteiger partial charge < -0.3 is 20.5 Å². The second-order valence-electron chi connectivity index (χ2n) is 8.58. The van der Waals surface area contributed by atoms with E-state index in [9.17, 15) is 23.2 Å². The van der Waals surface area contributed by atoms with Gasteiger partial charge in [0.25, 0.3) is 0 Å². The van der Waals surface area contributed by atoms with Crippen molar-refractivity contribution >= 4 is 23.7 Å². The Kier molecular flexibility index (Phi) is 5.47. The van der Waals surface area contributed by atoms with E-state index in [4.69, 9.17) is 9.84 Å². The van der Waals surface area contributed by atoms with E-state index in [0.29, 0.717) is 0 Å². The van der Waals surface area contributed by atoms with Crippen LogP contribution in [0.25, 0.3) is 11.1 Å². The summed E-state index contributed by atoms with van der Waals surface area (Å²) in [6.45, 7) is 0.0616. The van der Waals surface area contributed by atoms with Gasteiger partial charge in [0.2, 0.25) is 5.91 Å². The predicted octanol–water partition coefficient (Wildman–Crippen LogP) is 4.67. The SMILES string of the molecule is O=C(NC1(C(=O)Nc2ccc(F)c(C(=O)O)c2F)CC1)OCC1c2ccccc2-c2ccccc21. The van der Waals surface area contributed by atoms with Crippen molar-refractivity contribution in [3.8, 4) is 11.1 Å². The van der Waals surface area contributed by atoms with Crippen LogP contribution >= 0.6 is 0 Å². The Balaban J connectivity index is 1.25. The second kappa shape index (κ2) is 8.50. The minimum atomic E-state index is -1.80. The Morgan fingerprint density at radius 3 is 2.11 bits per heavy atom. The Labute approximate surface area is 198 Å². The smallest absolute Gasteiger partial charge is 0.408 e. The fraction of sp³-hybridized carbons (Fsp3) is 0.192. The van der Waals surface area contributed by atoms with Crippen LogP contribution in [0.3, 0.4) is 0 Å². The zero-order chi connectivity index (χ0) is 24.7. The van der Waals surface area contributed by atoms with Gasteiger partial charge in [0, 0.05) is 5.92 Å². The van der Waals surface area contributed by atoms with E-state index in [2.05, 4.69) is 10.6 Å². The molecule has 1 saturated carbocycles. The number of halogens is 2. The van der Waals surface area contributed by atoms with Crippen LogP contribution in [0.4, 0.5) is 19.3 Å². The minimum absolute atomic E-state index is 0.0616. The fourth-order valence-corrected chi connectivity index (χ4v) is 4.45. The largest absolute Gasteiger partial charge is 0.477 e. The van der Waals surface area contributed by atoms with Crippen LogP contribution < -0.4 is 10.6 Å². The molecule has 0 atom stereocenters. The molecule has 3 aromatic rings. The average molecular weight is 478 g/mol. The summed E-state index contributed by atoms with van der Waals surface area (Å²) < 4.78 is 33.5. The molecule has 3 aromatic carbocycles. The van der Waals surface area contributed by atoms with E-state index in [-0.39, 0.29) is 25.4 Å². The highest BCUT2D eigenvalue weighted by Crippen LogP contribution is 2.44. The number of nitrogens with one attached hydrogen (secondary N) is 2. The number of rotatable bonds is 6. The number of carbonyl (C=O) groups is 3. The Bertz CT molecular complexity index is 1320. The molecule has 7 nitrogen and oxygen atoms in total. The van der Waals surface area contributed by atoms with Crippen molar-refractivity contribution in [1.82, 2.24) is 5.32 Å². The summed E-state index contributed by atoms with van der Waals surface area (Å²) >= 11 is 0. The molecule has 35 heavy (non-hydrogen) atoms. The second-order valence-corrected chi connectivity index (χ2v) is 8.58. The van der Waals surface area contributed by atoms with Gasteiger partial charge in [-0.1, -0.05) is 48.5 Å². The molecule has 0 radical (unpaired) electrons. The van der Waals surface area contributed by atoms with Crippen molar-refractivity contribution < 1.29 is 33.0 Å². The Hall–Kier alpha value is -4.27. The van der Waals surface area contributed by atoms with Gasteiger partial charge in [-0.05, 0) is 47.2 Å². The van der Waals surface area contributed by atoms with Gasteiger partial charge in [0.15, 0.2) is 5.82 Å². The van der Waals surface area contributed by atoms with E-state index in [1.807, 2.05) is 48.5 Å². The van der Waals surface area contributed by atoms with Crippen LogP contribution in [0.1, 0.15) is 40.2 Å². The van der Waals surface area contributed by atoms with E-state index < -0.39 is 46.4 Å². The van der Waals surface area contributed by atoms with Gasteiger partial charge in [0.05, 0.1) is 5.69 Å². The van der Waals surface area contributed by atoms with Crippen LogP contribution in [-0.4, -0.2) is 35.2 Å². The Morgan fingerprint density at radius 2 is 1.54 bits per heavy atom. The van der Waals surface area contributed by atoms with Crippen molar-refractivity contribution in [1.29, 1.82) is 0 Å². The highest BCUT2D eigenvalue weighted by atomic mass is 19.1. The third kappa shape index (κ3) is 3.99. The molecule has 1 fully saturated rings. The third-order valence-corrected chi connectivity index (χ3v) is 6.42. The van der Waals surface area contributed by atoms with Crippen molar-refractivity contribution in [3.05, 3.63) is 89.0 Å². The number of carboxylic acid groups (broad SMARTS) is 1. The first kappa shape index (κ1) is 22.5. The highest BCUT2D eigenvalue weighted by molar-refractivity contribution is 6.03. The van der Waals surface area contributed by atoms with Gasteiger partial charge in [-0.3, -0.25) is 4.79 Å². The normalized spacial score (nSPS) is 15.0. The molecule has 3 N–H and O–H groups in total. The maximum atomic E-state index is 14.4. The van der Waals surface area contributed by atoms with Crippen molar-refractivity contribution in [2.45, 2.75) is 24.3 Å². The lowest BCUT2D eigenvalue weighted by Crippen LogP contribution is -2.46. The molecule has 0 unspecified atom stereocenters. The van der Waals surface area contributed by atoms with Crippen LogP contribution in [0.2, 0.25) is 0 Å². The number of hydrogen-bond donors (Lipinski definition) is 3. The molecule has 2 aliphatic carbocycles. The lowest BCUT2D eigenvalue weighted by molar-refractivity contribution is -0.119. The number of hydrogen-bond acceptors (Lipinski definition) is 4. The standard InChI is InChI=1S/C26H20F2N2O5/c27-19-9-10-20(22(28)21(19)23(31)32)29-24(33)26(11-12-26)30-25(34)35-13-18-16-7-3-1-5-14(16)15-6-2-4-8-17(15)18/h1-10,18H,11-13H2,(H,29,33)(H,30,34)(H,31,32). The molecule has 2 aliphatic rings. The molecule has 0 aliphatic heterocycles. The monoisotopic (exact) mass is 478 g/mol. The van der Waals surface area contributed by atoms with Gasteiger partial charge in [-0.2, -0.15) is 0 Å². The van der Waals surface area contributed by atoms with E-state index in [0.717, 1.165) is 34.4 Å². The third-order valence-electron chi connectivity index (χ3n) is 6.42. The number of amides is 2. The molecular weight excluding hydrogens is 458 g/mol. The molecule has 0 heterocycles. The lowest BCUT2D eigenvalue weighted by atomic mass is 9.98. The minimum Gasteiger partial charge on any atom is -0.477 e. The molecule has 0 aromatic heterocycles. The fourth-order valence-electron chi connectivity index (χ4n) is 4.45. The van der Waals surface area contributed by atoms with Gasteiger partial charge in [-0.15, -0.1) is 0 Å². The first-order valence-electron chi connectivity index (χ1n) is 11.0. The van der Waals surface area contributed by atoms with Gasteiger partial charge in [-0.25, -0.2) is 18.4 Å². The quantitative estimate of drug-likeness (QED) is 0.478. The summed E-state index contributed by atoms with van der Waals surface area (Å²) in [6.07, 6.45) is -0.222. The van der Waals surface area contributed by atoms with E-state index in [1.54, 1.807) is 0 Å². The number of carbonyl (C=O) groups excluding carboxylic acids is 2. The molecule has 2 amide bonds. The predicted molar refractivity (Wildman–Crippen MR) is 122 cm³/mol. The lowest BCUT2D eigenvalue weighted by Gasteiger charge is -2.19. The molecule has 0 spiro atoms. The number of fused-ring (bicyclic) bond motifs is 3. The molecular formula is C26H20F2N2O5. The molecule has 5 rings (SSSR count). The number of ether oxygens (including phenoxy) is 1. The summed E-state index contributed by atoms with van der Waals surface area (Å²) in [5.74, 6) is -5.35. The van der Waals surface area contributed by atoms with Crippen molar-refractivity contribution in [2.24, 2.45) is 0 Å². The summed E-state index contributed by atoms with van der Waals surface area (Å²) in [5.41, 5.74) is 1.27. The van der Waals surface area contributed by atoms with E-state index in [1.165, 1.54) is 0 Å². The molecule has 0 saturated heterocycles. The average Bonchev–Trinajstić information content (AvgIpc) is 3.55. The number of anilines is 1. The van der Waals surface area contributed by atoms with E-state index >= 15 is 0 Å².